The zero-order valence-corrected chi connectivity index (χ0v) is 16.8. The van der Waals surface area contributed by atoms with Gasteiger partial charge in [0.25, 0.3) is 5.91 Å². The molecule has 8 nitrogen and oxygen atoms in total. The molecule has 4 rings (SSSR count). The van der Waals surface area contributed by atoms with Crippen molar-refractivity contribution in [2.24, 2.45) is 0 Å². The zero-order chi connectivity index (χ0) is 21.0. The van der Waals surface area contributed by atoms with Crippen molar-refractivity contribution < 1.29 is 18.0 Å². The van der Waals surface area contributed by atoms with Crippen molar-refractivity contribution in [2.75, 3.05) is 0 Å². The van der Waals surface area contributed by atoms with Crippen LogP contribution >= 0.6 is 0 Å². The molecule has 1 aliphatic rings. The number of amides is 1. The van der Waals surface area contributed by atoms with Gasteiger partial charge in [-0.2, -0.15) is 4.31 Å². The number of aromatic nitrogens is 2. The highest BCUT2D eigenvalue weighted by atomic mass is 32.2. The Morgan fingerprint density at radius 2 is 1.63 bits per heavy atom. The van der Waals surface area contributed by atoms with E-state index < -0.39 is 22.0 Å². The van der Waals surface area contributed by atoms with Crippen molar-refractivity contribution in [1.29, 1.82) is 0 Å². The van der Waals surface area contributed by atoms with E-state index in [1.807, 2.05) is 30.3 Å². The smallest absolute Gasteiger partial charge is 0.262 e. The Balaban J connectivity index is 1.57. The second-order valence-electron chi connectivity index (χ2n) is 6.77. The molecule has 3 aromatic rings. The Bertz CT molecular complexity index is 1120. The highest BCUT2D eigenvalue weighted by Crippen LogP contribution is 2.27. The summed E-state index contributed by atoms with van der Waals surface area (Å²) < 4.78 is 27.7. The van der Waals surface area contributed by atoms with Gasteiger partial charge in [0.05, 0.1) is 29.4 Å². The van der Waals surface area contributed by atoms with E-state index >= 15 is 0 Å². The summed E-state index contributed by atoms with van der Waals surface area (Å²) in [5.74, 6) is -0.554. The number of fused-ring (bicyclic) bond motifs is 1. The van der Waals surface area contributed by atoms with Crippen molar-refractivity contribution in [1.82, 2.24) is 19.8 Å². The number of benzene rings is 2. The zero-order valence-electron chi connectivity index (χ0n) is 16.0. The van der Waals surface area contributed by atoms with Crippen LogP contribution in [0.15, 0.2) is 78.0 Å². The van der Waals surface area contributed by atoms with Crippen LogP contribution in [0.4, 0.5) is 0 Å². The third kappa shape index (κ3) is 4.23. The Morgan fingerprint density at radius 1 is 1.00 bits per heavy atom. The quantitative estimate of drug-likeness (QED) is 0.606. The lowest BCUT2D eigenvalue weighted by molar-refractivity contribution is -0.139. The number of sulfonamides is 1. The van der Waals surface area contributed by atoms with Crippen LogP contribution < -0.4 is 5.48 Å². The summed E-state index contributed by atoms with van der Waals surface area (Å²) in [5.41, 5.74) is 4.40. The van der Waals surface area contributed by atoms with Gasteiger partial charge in [-0.25, -0.2) is 13.9 Å². The number of rotatable bonds is 6. The first kappa shape index (κ1) is 20.1. The minimum atomic E-state index is -3.93. The molecule has 0 bridgehead atoms. The molecule has 1 N–H and O–H groups in total. The van der Waals surface area contributed by atoms with E-state index in [0.717, 1.165) is 9.87 Å². The van der Waals surface area contributed by atoms with E-state index in [0.29, 0.717) is 11.4 Å². The van der Waals surface area contributed by atoms with Gasteiger partial charge in [0.1, 0.15) is 6.04 Å². The van der Waals surface area contributed by atoms with E-state index in [9.17, 15) is 13.2 Å². The van der Waals surface area contributed by atoms with E-state index in [1.165, 1.54) is 24.5 Å². The molecule has 30 heavy (non-hydrogen) atoms. The SMILES string of the molecule is O=C(NOCc1ccccc1)C1Cc2nccnc2CN1S(=O)(=O)c1ccccc1. The molecule has 0 radical (unpaired) electrons. The molecule has 154 valence electrons. The second-order valence-corrected chi connectivity index (χ2v) is 8.66. The molecule has 1 aliphatic heterocycles. The predicted octanol–water partition coefficient (Wildman–Crippen LogP) is 1.84. The van der Waals surface area contributed by atoms with Crippen LogP contribution in [0.1, 0.15) is 17.0 Å². The van der Waals surface area contributed by atoms with Gasteiger partial charge in [0.15, 0.2) is 0 Å². The average Bonchev–Trinajstić information content (AvgIpc) is 2.79. The van der Waals surface area contributed by atoms with Crippen molar-refractivity contribution in [3.63, 3.8) is 0 Å². The second kappa shape index (κ2) is 8.70. The molecule has 0 fully saturated rings. The van der Waals surface area contributed by atoms with Crippen LogP contribution in [-0.4, -0.2) is 34.6 Å². The van der Waals surface area contributed by atoms with Crippen LogP contribution in [0.5, 0.6) is 0 Å². The fourth-order valence-corrected chi connectivity index (χ4v) is 4.85. The van der Waals surface area contributed by atoms with Crippen LogP contribution in [0.25, 0.3) is 0 Å². The molecule has 1 aromatic heterocycles. The maximum absolute atomic E-state index is 13.3. The predicted molar refractivity (Wildman–Crippen MR) is 108 cm³/mol. The number of nitrogens with zero attached hydrogens (tertiary/aromatic N) is 3. The Hall–Kier alpha value is -3.14. The largest absolute Gasteiger partial charge is 0.271 e. The maximum Gasteiger partial charge on any atom is 0.262 e. The Morgan fingerprint density at radius 3 is 2.33 bits per heavy atom. The van der Waals surface area contributed by atoms with Gasteiger partial charge in [-0.3, -0.25) is 19.6 Å². The first-order chi connectivity index (χ1) is 14.6. The highest BCUT2D eigenvalue weighted by Gasteiger charge is 2.40. The third-order valence-electron chi connectivity index (χ3n) is 4.81. The Kier molecular flexibility index (Phi) is 5.84. The summed E-state index contributed by atoms with van der Waals surface area (Å²) in [4.78, 5) is 26.8. The van der Waals surface area contributed by atoms with E-state index in [1.54, 1.807) is 18.2 Å². The number of nitrogens with one attached hydrogen (secondary N) is 1. The number of hydroxylamine groups is 1. The van der Waals surface area contributed by atoms with Crippen molar-refractivity contribution >= 4 is 15.9 Å². The molecular formula is C21H20N4O4S. The minimum Gasteiger partial charge on any atom is -0.271 e. The lowest BCUT2D eigenvalue weighted by Crippen LogP contribution is -2.52. The topological polar surface area (TPSA) is 101 Å². The molecule has 1 unspecified atom stereocenters. The third-order valence-corrected chi connectivity index (χ3v) is 6.68. The molecule has 0 saturated carbocycles. The normalized spacial score (nSPS) is 16.6. The number of hydrogen-bond donors (Lipinski definition) is 1. The fraction of sp³-hybridized carbons (Fsp3) is 0.190. The maximum atomic E-state index is 13.3. The van der Waals surface area contributed by atoms with Gasteiger partial charge in [-0.05, 0) is 17.7 Å². The van der Waals surface area contributed by atoms with Crippen molar-refractivity contribution in [2.45, 2.75) is 30.5 Å². The minimum absolute atomic E-state index is 0.0445. The van der Waals surface area contributed by atoms with Crippen molar-refractivity contribution in [3.8, 4) is 0 Å². The van der Waals surface area contributed by atoms with Crippen LogP contribution in [0.2, 0.25) is 0 Å². The van der Waals surface area contributed by atoms with E-state index in [4.69, 9.17) is 4.84 Å². The van der Waals surface area contributed by atoms with E-state index in [2.05, 4.69) is 15.4 Å². The summed E-state index contributed by atoms with van der Waals surface area (Å²) in [5, 5.41) is 0. The molecule has 2 heterocycles. The molecule has 0 saturated heterocycles. The van der Waals surface area contributed by atoms with Crippen LogP contribution in [-0.2, 0) is 39.2 Å². The van der Waals surface area contributed by atoms with Gasteiger partial charge in [-0.15, -0.1) is 0 Å². The highest BCUT2D eigenvalue weighted by molar-refractivity contribution is 7.89. The summed E-state index contributed by atoms with van der Waals surface area (Å²) in [6.07, 6.45) is 3.15. The molecule has 9 heteroatoms. The van der Waals surface area contributed by atoms with Crippen LogP contribution in [0, 0.1) is 0 Å². The lowest BCUT2D eigenvalue weighted by Gasteiger charge is -2.33. The lowest BCUT2D eigenvalue weighted by atomic mass is 10.0. The molecule has 0 aliphatic carbocycles. The standard InChI is InChI=1S/C21H20N4O4S/c26-21(24-29-15-16-7-3-1-4-8-16)20-13-18-19(23-12-11-22-18)14-25(20)30(27,28)17-9-5-2-6-10-17/h1-12,20H,13-15H2,(H,24,26). The summed E-state index contributed by atoms with van der Waals surface area (Å²) in [6, 6.07) is 16.4. The van der Waals surface area contributed by atoms with Crippen LogP contribution in [0.3, 0.4) is 0 Å². The number of hydrogen-bond acceptors (Lipinski definition) is 6. The first-order valence-electron chi connectivity index (χ1n) is 9.37. The molecule has 1 atom stereocenters. The summed E-state index contributed by atoms with van der Waals surface area (Å²) in [6.45, 7) is 0.123. The monoisotopic (exact) mass is 424 g/mol. The average molecular weight is 424 g/mol. The number of carbonyl (C=O) groups is 1. The van der Waals surface area contributed by atoms with Gasteiger partial charge in [0.2, 0.25) is 10.0 Å². The first-order valence-corrected chi connectivity index (χ1v) is 10.8. The van der Waals surface area contributed by atoms with Gasteiger partial charge in [0, 0.05) is 18.8 Å². The molecule has 1 amide bonds. The van der Waals surface area contributed by atoms with Gasteiger partial charge >= 0.3 is 0 Å². The molecular weight excluding hydrogens is 404 g/mol. The molecule has 0 spiro atoms. The summed E-state index contributed by atoms with van der Waals surface area (Å²) >= 11 is 0. The van der Waals surface area contributed by atoms with Gasteiger partial charge in [-0.1, -0.05) is 48.5 Å². The number of carbonyl (C=O) groups excluding carboxylic acids is 1. The fourth-order valence-electron chi connectivity index (χ4n) is 3.28. The van der Waals surface area contributed by atoms with Gasteiger partial charge < -0.3 is 0 Å². The van der Waals surface area contributed by atoms with E-state index in [-0.39, 0.29) is 24.5 Å². The van der Waals surface area contributed by atoms with Crippen molar-refractivity contribution in [3.05, 3.63) is 90.0 Å². The summed E-state index contributed by atoms with van der Waals surface area (Å²) in [7, 11) is -3.93. The molecule has 2 aromatic carbocycles. The Labute approximate surface area is 174 Å².